The minimum Gasteiger partial charge on any atom is -0.313 e. The van der Waals surface area contributed by atoms with E-state index in [1.54, 1.807) is 23.9 Å². The van der Waals surface area contributed by atoms with Crippen LogP contribution in [0, 0.1) is 6.92 Å². The molecule has 0 fully saturated rings. The molecule has 2 aliphatic rings. The number of nitrogens with zero attached hydrogens (tertiary/aromatic N) is 4. The van der Waals surface area contributed by atoms with Crippen LogP contribution in [0.3, 0.4) is 0 Å². The van der Waals surface area contributed by atoms with E-state index in [0.717, 1.165) is 15.5 Å². The summed E-state index contributed by atoms with van der Waals surface area (Å²) in [6, 6.07) is 3.69. The van der Waals surface area contributed by atoms with Gasteiger partial charge in [0, 0.05) is 25.7 Å². The number of hydrogen-bond donors (Lipinski definition) is 0. The first-order chi connectivity index (χ1) is 8.99. The fourth-order valence-corrected chi connectivity index (χ4v) is 2.20. The van der Waals surface area contributed by atoms with Crippen molar-refractivity contribution >= 4 is 11.0 Å². The van der Waals surface area contributed by atoms with Crippen LogP contribution in [0.25, 0.3) is 22.4 Å². The van der Waals surface area contributed by atoms with Crippen LogP contribution in [-0.4, -0.2) is 19.1 Å². The Bertz CT molecular complexity index is 892. The highest BCUT2D eigenvalue weighted by Gasteiger charge is 2.17. The highest BCUT2D eigenvalue weighted by atomic mass is 16.2. The highest BCUT2D eigenvalue weighted by Crippen LogP contribution is 2.21. The Balaban J connectivity index is 2.62. The Kier molecular flexibility index (Phi) is 2.28. The second kappa shape index (κ2) is 3.74. The molecule has 2 aliphatic heterocycles. The normalized spacial score (nSPS) is 11.3. The number of pyridine rings is 2. The van der Waals surface area contributed by atoms with Crippen LogP contribution in [-0.2, 0) is 14.1 Å². The van der Waals surface area contributed by atoms with Crippen molar-refractivity contribution in [3.05, 3.63) is 44.7 Å². The maximum absolute atomic E-state index is 12.1. The van der Waals surface area contributed by atoms with Gasteiger partial charge in [-0.25, -0.2) is 9.78 Å². The third-order valence-corrected chi connectivity index (χ3v) is 3.23. The maximum Gasteiger partial charge on any atom is 0.352 e. The molecule has 0 aliphatic carbocycles. The third-order valence-electron chi connectivity index (χ3n) is 3.23. The van der Waals surface area contributed by atoms with Gasteiger partial charge in [0.25, 0.3) is 5.56 Å². The van der Waals surface area contributed by atoms with Gasteiger partial charge in [-0.15, -0.1) is 0 Å². The molecule has 1 aromatic heterocycles. The standard InChI is InChI=1S/C13H12N4O2/c1-7-4-8-5-9-11(16(2)10(8)14-6-7)15-13(19)17(3)12(9)18/h4-6H,1-3H3. The quantitative estimate of drug-likeness (QED) is 0.547. The Morgan fingerprint density at radius 3 is 2.58 bits per heavy atom. The predicted octanol–water partition coefficient (Wildman–Crippen LogP) is 0.440. The molecular formula is C13H12N4O2. The maximum atomic E-state index is 12.1. The molecule has 0 unspecified atom stereocenters. The van der Waals surface area contributed by atoms with Crippen LogP contribution in [0.4, 0.5) is 0 Å². The van der Waals surface area contributed by atoms with Gasteiger partial charge in [-0.1, -0.05) is 0 Å². The summed E-state index contributed by atoms with van der Waals surface area (Å²) in [5.41, 5.74) is 1.23. The second-order valence-corrected chi connectivity index (χ2v) is 4.62. The summed E-state index contributed by atoms with van der Waals surface area (Å²) in [6.45, 7) is 1.94. The Morgan fingerprint density at radius 2 is 1.84 bits per heavy atom. The number of hydrogen-bond acceptors (Lipinski definition) is 4. The van der Waals surface area contributed by atoms with E-state index in [9.17, 15) is 9.59 Å². The minimum atomic E-state index is -0.556. The average Bonchev–Trinajstić information content (AvgIpc) is 2.38. The lowest BCUT2D eigenvalue weighted by molar-refractivity contribution is 0.755. The fourth-order valence-electron chi connectivity index (χ4n) is 2.20. The second-order valence-electron chi connectivity index (χ2n) is 4.62. The Labute approximate surface area is 108 Å². The molecule has 0 atom stereocenters. The van der Waals surface area contributed by atoms with Crippen molar-refractivity contribution in [1.29, 1.82) is 0 Å². The molecule has 3 heterocycles. The summed E-state index contributed by atoms with van der Waals surface area (Å²) in [5, 5.41) is 0.854. The van der Waals surface area contributed by atoms with Crippen molar-refractivity contribution in [2.45, 2.75) is 6.92 Å². The summed E-state index contributed by atoms with van der Waals surface area (Å²) < 4.78 is 2.68. The van der Waals surface area contributed by atoms with Crippen LogP contribution in [0.5, 0.6) is 0 Å². The minimum absolute atomic E-state index is 0.339. The zero-order chi connectivity index (χ0) is 13.7. The topological polar surface area (TPSA) is 69.8 Å². The summed E-state index contributed by atoms with van der Waals surface area (Å²) in [6.07, 6.45) is 1.74. The van der Waals surface area contributed by atoms with Crippen LogP contribution < -0.4 is 11.2 Å². The van der Waals surface area contributed by atoms with Crippen molar-refractivity contribution in [2.75, 3.05) is 0 Å². The van der Waals surface area contributed by atoms with Gasteiger partial charge in [-0.05, 0) is 24.6 Å². The monoisotopic (exact) mass is 256 g/mol. The van der Waals surface area contributed by atoms with Crippen molar-refractivity contribution in [3.8, 4) is 11.4 Å². The molecule has 0 N–H and O–H groups in total. The summed E-state index contributed by atoms with van der Waals surface area (Å²) in [5.74, 6) is 0.358. The molecule has 0 spiro atoms. The number of rotatable bonds is 0. The van der Waals surface area contributed by atoms with E-state index in [2.05, 4.69) is 9.97 Å². The fraction of sp³-hybridized carbons (Fsp3) is 0.231. The van der Waals surface area contributed by atoms with Gasteiger partial charge in [-0.2, -0.15) is 4.98 Å². The van der Waals surface area contributed by atoms with Crippen LogP contribution >= 0.6 is 0 Å². The van der Waals surface area contributed by atoms with E-state index in [4.69, 9.17) is 0 Å². The molecular weight excluding hydrogens is 244 g/mol. The van der Waals surface area contributed by atoms with Gasteiger partial charge >= 0.3 is 5.69 Å². The lowest BCUT2D eigenvalue weighted by Gasteiger charge is -2.13. The lowest BCUT2D eigenvalue weighted by Crippen LogP contribution is -2.35. The zero-order valence-corrected chi connectivity index (χ0v) is 10.8. The summed E-state index contributed by atoms with van der Waals surface area (Å²) in [4.78, 5) is 32.0. The molecule has 0 saturated heterocycles. The smallest absolute Gasteiger partial charge is 0.313 e. The first-order valence-electron chi connectivity index (χ1n) is 5.82. The summed E-state index contributed by atoms with van der Waals surface area (Å²) in [7, 11) is 3.18. The van der Waals surface area contributed by atoms with Crippen molar-refractivity contribution in [2.24, 2.45) is 14.1 Å². The van der Waals surface area contributed by atoms with E-state index in [1.807, 2.05) is 13.0 Å². The van der Waals surface area contributed by atoms with Crippen LogP contribution in [0.15, 0.2) is 27.9 Å². The van der Waals surface area contributed by atoms with E-state index in [0.29, 0.717) is 17.0 Å². The Hall–Kier alpha value is -2.50. The molecule has 0 radical (unpaired) electrons. The van der Waals surface area contributed by atoms with E-state index in [1.165, 1.54) is 7.05 Å². The molecule has 0 aromatic carbocycles. The molecule has 6 nitrogen and oxygen atoms in total. The lowest BCUT2D eigenvalue weighted by atomic mass is 10.1. The van der Waals surface area contributed by atoms with Crippen molar-refractivity contribution in [1.82, 2.24) is 19.1 Å². The van der Waals surface area contributed by atoms with Crippen molar-refractivity contribution < 1.29 is 0 Å². The average molecular weight is 256 g/mol. The Morgan fingerprint density at radius 1 is 1.11 bits per heavy atom. The van der Waals surface area contributed by atoms with Gasteiger partial charge in [0.2, 0.25) is 0 Å². The first-order valence-corrected chi connectivity index (χ1v) is 5.82. The number of aromatic nitrogens is 4. The molecule has 0 amide bonds. The molecule has 96 valence electrons. The van der Waals surface area contributed by atoms with Crippen LogP contribution in [0.1, 0.15) is 5.56 Å². The van der Waals surface area contributed by atoms with Gasteiger partial charge < -0.3 is 4.57 Å². The molecule has 0 bridgehead atoms. The van der Waals surface area contributed by atoms with E-state index in [-0.39, 0.29) is 5.56 Å². The van der Waals surface area contributed by atoms with E-state index >= 15 is 0 Å². The van der Waals surface area contributed by atoms with Gasteiger partial charge in [0.05, 0.1) is 5.56 Å². The van der Waals surface area contributed by atoms with Gasteiger partial charge in [0.1, 0.15) is 5.65 Å². The molecule has 3 rings (SSSR count). The summed E-state index contributed by atoms with van der Waals surface area (Å²) >= 11 is 0. The zero-order valence-electron chi connectivity index (χ0n) is 10.8. The van der Waals surface area contributed by atoms with Crippen LogP contribution in [0.2, 0.25) is 0 Å². The van der Waals surface area contributed by atoms with Crippen molar-refractivity contribution in [3.63, 3.8) is 0 Å². The third kappa shape index (κ3) is 1.56. The molecule has 0 saturated carbocycles. The van der Waals surface area contributed by atoms with E-state index < -0.39 is 5.69 Å². The number of fused-ring (bicyclic) bond motifs is 2. The number of aryl methyl sites for hydroxylation is 2. The first kappa shape index (κ1) is 11.6. The predicted molar refractivity (Wildman–Crippen MR) is 71.4 cm³/mol. The SMILES string of the molecule is Cc1cnc2c(c1)cc1c(=O)n(C)c(=O)nc-1n2C. The largest absolute Gasteiger partial charge is 0.352 e. The highest BCUT2D eigenvalue weighted by molar-refractivity contribution is 5.82. The molecule has 19 heavy (non-hydrogen) atoms. The molecule has 6 heteroatoms. The molecule has 1 aromatic rings. The van der Waals surface area contributed by atoms with Gasteiger partial charge in [-0.3, -0.25) is 9.36 Å². The van der Waals surface area contributed by atoms with Gasteiger partial charge in [0.15, 0.2) is 5.82 Å².